The molecule has 3 rings (SSSR count). The standard InChI is InChI=1S/C14H19N5O3S/c1-11-16-13(17-22-11)10-18(2)14-6-5-12(9-15-14)23(20,21)19-7-3-4-8-19/h5-6,9H,3-4,7-8,10H2,1-2H3. The molecule has 1 fully saturated rings. The van der Waals surface area contributed by atoms with E-state index in [1.165, 1.54) is 10.5 Å². The minimum Gasteiger partial charge on any atom is -0.352 e. The first-order valence-electron chi connectivity index (χ1n) is 7.43. The van der Waals surface area contributed by atoms with E-state index in [1.54, 1.807) is 19.1 Å². The van der Waals surface area contributed by atoms with Crippen LogP contribution < -0.4 is 4.90 Å². The van der Waals surface area contributed by atoms with Gasteiger partial charge in [-0.05, 0) is 25.0 Å². The van der Waals surface area contributed by atoms with E-state index in [-0.39, 0.29) is 4.90 Å². The van der Waals surface area contributed by atoms with E-state index in [1.807, 2.05) is 11.9 Å². The number of rotatable bonds is 5. The van der Waals surface area contributed by atoms with Crippen LogP contribution in [-0.2, 0) is 16.6 Å². The van der Waals surface area contributed by atoms with Crippen LogP contribution in [0.1, 0.15) is 24.6 Å². The molecule has 0 unspecified atom stereocenters. The minimum absolute atomic E-state index is 0.229. The second-order valence-corrected chi connectivity index (χ2v) is 7.49. The van der Waals surface area contributed by atoms with Gasteiger partial charge in [-0.2, -0.15) is 9.29 Å². The molecule has 0 saturated carbocycles. The number of pyridine rings is 1. The SMILES string of the molecule is Cc1nc(CN(C)c2ccc(S(=O)(=O)N3CCCC3)cn2)no1. The number of aryl methyl sites for hydroxylation is 1. The largest absolute Gasteiger partial charge is 0.352 e. The first-order chi connectivity index (χ1) is 11.0. The summed E-state index contributed by atoms with van der Waals surface area (Å²) in [4.78, 5) is 10.4. The van der Waals surface area contributed by atoms with Crippen LogP contribution in [0.4, 0.5) is 5.82 Å². The summed E-state index contributed by atoms with van der Waals surface area (Å²) in [5.41, 5.74) is 0. The summed E-state index contributed by atoms with van der Waals surface area (Å²) in [6, 6.07) is 3.28. The fourth-order valence-corrected chi connectivity index (χ4v) is 3.99. The normalized spacial score (nSPS) is 15.9. The fourth-order valence-electron chi connectivity index (χ4n) is 2.53. The molecule has 1 saturated heterocycles. The van der Waals surface area contributed by atoms with Crippen molar-refractivity contribution >= 4 is 15.8 Å². The molecule has 0 bridgehead atoms. The van der Waals surface area contributed by atoms with Crippen molar-refractivity contribution in [2.24, 2.45) is 0 Å². The molecule has 2 aromatic heterocycles. The molecule has 1 aliphatic rings. The minimum atomic E-state index is -3.42. The van der Waals surface area contributed by atoms with E-state index in [2.05, 4.69) is 15.1 Å². The molecule has 8 nitrogen and oxygen atoms in total. The van der Waals surface area contributed by atoms with Gasteiger partial charge in [0, 0.05) is 33.3 Å². The Bertz CT molecular complexity index is 766. The molecule has 0 atom stereocenters. The van der Waals surface area contributed by atoms with Gasteiger partial charge < -0.3 is 9.42 Å². The summed E-state index contributed by atoms with van der Waals surface area (Å²) in [6.45, 7) is 3.33. The third-order valence-corrected chi connectivity index (χ3v) is 5.65. The van der Waals surface area contributed by atoms with Gasteiger partial charge in [0.15, 0.2) is 5.82 Å². The van der Waals surface area contributed by atoms with Gasteiger partial charge in [-0.25, -0.2) is 13.4 Å². The summed E-state index contributed by atoms with van der Waals surface area (Å²) in [5.74, 6) is 1.71. The third-order valence-electron chi connectivity index (χ3n) is 3.76. The Labute approximate surface area is 135 Å². The Morgan fingerprint density at radius 3 is 2.61 bits per heavy atom. The molecule has 0 radical (unpaired) electrons. The Kier molecular flexibility index (Phi) is 4.31. The second-order valence-electron chi connectivity index (χ2n) is 5.55. The predicted molar refractivity (Wildman–Crippen MR) is 83.4 cm³/mol. The second kappa shape index (κ2) is 6.25. The Hall–Kier alpha value is -2.00. The van der Waals surface area contributed by atoms with Crippen LogP contribution in [0.2, 0.25) is 0 Å². The Morgan fingerprint density at radius 2 is 2.04 bits per heavy atom. The van der Waals surface area contributed by atoms with Gasteiger partial charge in [-0.15, -0.1) is 0 Å². The number of anilines is 1. The summed E-state index contributed by atoms with van der Waals surface area (Å²) >= 11 is 0. The summed E-state index contributed by atoms with van der Waals surface area (Å²) < 4.78 is 31.3. The lowest BCUT2D eigenvalue weighted by atomic mass is 10.4. The molecular formula is C14H19N5O3S. The maximum absolute atomic E-state index is 12.4. The molecule has 0 aromatic carbocycles. The molecule has 124 valence electrons. The monoisotopic (exact) mass is 337 g/mol. The summed E-state index contributed by atoms with van der Waals surface area (Å²) in [5, 5.41) is 3.83. The fraction of sp³-hybridized carbons (Fsp3) is 0.500. The molecule has 23 heavy (non-hydrogen) atoms. The number of sulfonamides is 1. The number of nitrogens with zero attached hydrogens (tertiary/aromatic N) is 5. The van der Waals surface area contributed by atoms with Crippen LogP contribution in [0, 0.1) is 6.92 Å². The van der Waals surface area contributed by atoms with Crippen LogP contribution in [0.15, 0.2) is 27.7 Å². The quantitative estimate of drug-likeness (QED) is 0.809. The van der Waals surface area contributed by atoms with E-state index in [0.29, 0.717) is 37.2 Å². The average molecular weight is 337 g/mol. The maximum atomic E-state index is 12.4. The van der Waals surface area contributed by atoms with Gasteiger partial charge in [-0.1, -0.05) is 5.16 Å². The average Bonchev–Trinajstić information content (AvgIpc) is 3.19. The number of aromatic nitrogens is 3. The topological polar surface area (TPSA) is 92.4 Å². The zero-order valence-corrected chi connectivity index (χ0v) is 14.0. The van der Waals surface area contributed by atoms with E-state index in [9.17, 15) is 8.42 Å². The van der Waals surface area contributed by atoms with Crippen LogP contribution in [0.5, 0.6) is 0 Å². The van der Waals surface area contributed by atoms with Crippen molar-refractivity contribution in [1.82, 2.24) is 19.4 Å². The van der Waals surface area contributed by atoms with Crippen molar-refractivity contribution in [3.05, 3.63) is 30.0 Å². The van der Waals surface area contributed by atoms with Gasteiger partial charge in [0.05, 0.1) is 6.54 Å². The van der Waals surface area contributed by atoms with Crippen LogP contribution >= 0.6 is 0 Å². The predicted octanol–water partition coefficient (Wildman–Crippen LogP) is 1.19. The van der Waals surface area contributed by atoms with Gasteiger partial charge in [0.1, 0.15) is 10.7 Å². The summed E-state index contributed by atoms with van der Waals surface area (Å²) in [6.07, 6.45) is 3.23. The number of hydrogen-bond donors (Lipinski definition) is 0. The molecule has 0 amide bonds. The van der Waals surface area contributed by atoms with Crippen LogP contribution in [-0.4, -0.2) is 48.0 Å². The lowest BCUT2D eigenvalue weighted by molar-refractivity contribution is 0.387. The summed E-state index contributed by atoms with van der Waals surface area (Å²) in [7, 11) is -1.59. The smallest absolute Gasteiger partial charge is 0.244 e. The van der Waals surface area contributed by atoms with Crippen molar-refractivity contribution in [1.29, 1.82) is 0 Å². The molecule has 0 N–H and O–H groups in total. The van der Waals surface area contributed by atoms with Gasteiger partial charge >= 0.3 is 0 Å². The highest BCUT2D eigenvalue weighted by Crippen LogP contribution is 2.21. The zero-order chi connectivity index (χ0) is 16.4. The van der Waals surface area contributed by atoms with E-state index < -0.39 is 10.0 Å². The highest BCUT2D eigenvalue weighted by atomic mass is 32.2. The van der Waals surface area contributed by atoms with Crippen molar-refractivity contribution in [2.75, 3.05) is 25.0 Å². The van der Waals surface area contributed by atoms with Crippen LogP contribution in [0.25, 0.3) is 0 Å². The number of hydrogen-bond acceptors (Lipinski definition) is 7. The van der Waals surface area contributed by atoms with Gasteiger partial charge in [0.2, 0.25) is 15.9 Å². The molecule has 0 aliphatic carbocycles. The third kappa shape index (κ3) is 3.35. The maximum Gasteiger partial charge on any atom is 0.244 e. The first-order valence-corrected chi connectivity index (χ1v) is 8.87. The highest BCUT2D eigenvalue weighted by molar-refractivity contribution is 7.89. The van der Waals surface area contributed by atoms with Crippen molar-refractivity contribution < 1.29 is 12.9 Å². The lowest BCUT2D eigenvalue weighted by Gasteiger charge is -2.18. The first kappa shape index (κ1) is 15.9. The van der Waals surface area contributed by atoms with Crippen LogP contribution in [0.3, 0.4) is 0 Å². The lowest BCUT2D eigenvalue weighted by Crippen LogP contribution is -2.28. The van der Waals surface area contributed by atoms with Crippen molar-refractivity contribution in [3.63, 3.8) is 0 Å². The molecule has 2 aromatic rings. The van der Waals surface area contributed by atoms with Crippen molar-refractivity contribution in [3.8, 4) is 0 Å². The molecule has 9 heteroatoms. The van der Waals surface area contributed by atoms with E-state index >= 15 is 0 Å². The van der Waals surface area contributed by atoms with Gasteiger partial charge in [-0.3, -0.25) is 0 Å². The Morgan fingerprint density at radius 1 is 1.30 bits per heavy atom. The van der Waals surface area contributed by atoms with E-state index in [4.69, 9.17) is 4.52 Å². The molecular weight excluding hydrogens is 318 g/mol. The van der Waals surface area contributed by atoms with E-state index in [0.717, 1.165) is 12.8 Å². The zero-order valence-electron chi connectivity index (χ0n) is 13.1. The molecule has 1 aliphatic heterocycles. The highest BCUT2D eigenvalue weighted by Gasteiger charge is 2.27. The van der Waals surface area contributed by atoms with Crippen molar-refractivity contribution in [2.45, 2.75) is 31.2 Å². The molecule has 3 heterocycles. The van der Waals surface area contributed by atoms with Gasteiger partial charge in [0.25, 0.3) is 0 Å². The molecule has 0 spiro atoms. The Balaban J connectivity index is 1.73.